The molecule has 1 atom stereocenters. The maximum absolute atomic E-state index is 12.3. The highest BCUT2D eigenvalue weighted by atomic mass is 127. The lowest BCUT2D eigenvalue weighted by atomic mass is 10.2. The van der Waals surface area contributed by atoms with E-state index in [-0.39, 0.29) is 5.91 Å². The number of benzene rings is 2. The average molecular weight is 409 g/mol. The number of amides is 1. The van der Waals surface area contributed by atoms with Crippen LogP contribution in [0.5, 0.6) is 0 Å². The number of quaternary nitrogens is 1. The summed E-state index contributed by atoms with van der Waals surface area (Å²) in [5, 5.41) is 3.02. The van der Waals surface area contributed by atoms with Crippen LogP contribution in [0.4, 0.5) is 5.69 Å². The summed E-state index contributed by atoms with van der Waals surface area (Å²) < 4.78 is 1.18. The predicted molar refractivity (Wildman–Crippen MR) is 99.0 cm³/mol. The van der Waals surface area contributed by atoms with Crippen molar-refractivity contribution in [1.82, 2.24) is 0 Å². The second kappa shape index (κ2) is 8.29. The van der Waals surface area contributed by atoms with E-state index < -0.39 is 0 Å². The highest BCUT2D eigenvalue weighted by Crippen LogP contribution is 2.17. The van der Waals surface area contributed by atoms with Gasteiger partial charge in [-0.25, -0.2) is 0 Å². The summed E-state index contributed by atoms with van der Waals surface area (Å²) in [4.78, 5) is 13.5. The molecule has 2 rings (SSSR count). The molecule has 0 saturated carbocycles. The van der Waals surface area contributed by atoms with Crippen LogP contribution in [-0.4, -0.2) is 19.0 Å². The summed E-state index contributed by atoms with van der Waals surface area (Å²) >= 11 is 2.28. The molecule has 3 nitrogen and oxygen atoms in total. The van der Waals surface area contributed by atoms with Gasteiger partial charge in [-0.3, -0.25) is 4.79 Å². The van der Waals surface area contributed by atoms with Gasteiger partial charge >= 0.3 is 0 Å². The molecule has 0 aromatic heterocycles. The van der Waals surface area contributed by atoms with Gasteiger partial charge in [-0.1, -0.05) is 30.3 Å². The number of rotatable bonds is 6. The van der Waals surface area contributed by atoms with Crippen LogP contribution in [0.1, 0.15) is 18.1 Å². The van der Waals surface area contributed by atoms with Crippen molar-refractivity contribution in [1.29, 1.82) is 0 Å². The van der Waals surface area contributed by atoms with Crippen LogP contribution in [0.25, 0.3) is 0 Å². The first kappa shape index (κ1) is 17.0. The van der Waals surface area contributed by atoms with Crippen molar-refractivity contribution in [3.8, 4) is 0 Å². The SMILES string of the molecule is CC[NH+](CC(=O)Nc1ccc(I)cc1C)Cc1ccccc1. The molecule has 1 amide bonds. The Bertz CT molecular complexity index is 628. The van der Waals surface area contributed by atoms with Crippen LogP contribution < -0.4 is 10.2 Å². The molecule has 0 spiro atoms. The number of hydrogen-bond acceptors (Lipinski definition) is 1. The van der Waals surface area contributed by atoms with Gasteiger partial charge in [-0.05, 0) is 60.2 Å². The second-order valence-electron chi connectivity index (χ2n) is 5.45. The van der Waals surface area contributed by atoms with Gasteiger partial charge in [0.05, 0.1) is 6.54 Å². The number of likely N-dealkylation sites (N-methyl/N-ethyl adjacent to an activating group) is 1. The Balaban J connectivity index is 1.94. The standard InChI is InChI=1S/C18H21IN2O/c1-3-21(12-15-7-5-4-6-8-15)13-18(22)20-17-10-9-16(19)11-14(17)2/h4-11H,3,12-13H2,1-2H3,(H,20,22)/p+1. The summed E-state index contributed by atoms with van der Waals surface area (Å²) in [7, 11) is 0. The van der Waals surface area contributed by atoms with E-state index in [1.807, 2.05) is 37.3 Å². The zero-order valence-electron chi connectivity index (χ0n) is 13.0. The van der Waals surface area contributed by atoms with E-state index in [0.717, 1.165) is 24.3 Å². The lowest BCUT2D eigenvalue weighted by Crippen LogP contribution is -3.11. The van der Waals surface area contributed by atoms with Crippen LogP contribution in [0.2, 0.25) is 0 Å². The first-order valence-electron chi connectivity index (χ1n) is 7.52. The smallest absolute Gasteiger partial charge is 0.279 e. The van der Waals surface area contributed by atoms with E-state index in [1.54, 1.807) is 0 Å². The minimum atomic E-state index is 0.0667. The van der Waals surface area contributed by atoms with Crippen LogP contribution in [0.15, 0.2) is 48.5 Å². The summed E-state index contributed by atoms with van der Waals surface area (Å²) in [6.45, 7) is 6.41. The Morgan fingerprint density at radius 3 is 2.55 bits per heavy atom. The van der Waals surface area contributed by atoms with Gasteiger partial charge in [-0.15, -0.1) is 0 Å². The van der Waals surface area contributed by atoms with E-state index in [1.165, 1.54) is 14.0 Å². The first-order valence-corrected chi connectivity index (χ1v) is 8.60. The lowest BCUT2D eigenvalue weighted by Gasteiger charge is -2.18. The molecule has 0 heterocycles. The molecular formula is C18H22IN2O+. The molecule has 0 bridgehead atoms. The Labute approximate surface area is 145 Å². The molecule has 0 aliphatic heterocycles. The van der Waals surface area contributed by atoms with E-state index in [4.69, 9.17) is 0 Å². The zero-order chi connectivity index (χ0) is 15.9. The van der Waals surface area contributed by atoms with Crippen molar-refractivity contribution in [3.05, 3.63) is 63.2 Å². The zero-order valence-corrected chi connectivity index (χ0v) is 15.2. The molecule has 116 valence electrons. The molecule has 0 fully saturated rings. The molecule has 2 N–H and O–H groups in total. The molecule has 0 saturated heterocycles. The fourth-order valence-electron chi connectivity index (χ4n) is 2.39. The number of halogens is 1. The summed E-state index contributed by atoms with van der Waals surface area (Å²) in [6, 6.07) is 16.4. The number of anilines is 1. The molecule has 1 unspecified atom stereocenters. The highest BCUT2D eigenvalue weighted by molar-refractivity contribution is 14.1. The third-order valence-electron chi connectivity index (χ3n) is 3.67. The van der Waals surface area contributed by atoms with Crippen molar-refractivity contribution in [2.45, 2.75) is 20.4 Å². The van der Waals surface area contributed by atoms with E-state index in [9.17, 15) is 4.79 Å². The van der Waals surface area contributed by atoms with Crippen LogP contribution in [0.3, 0.4) is 0 Å². The Morgan fingerprint density at radius 1 is 1.18 bits per heavy atom. The fraction of sp³-hybridized carbons (Fsp3) is 0.278. The molecule has 0 radical (unpaired) electrons. The van der Waals surface area contributed by atoms with Crippen LogP contribution in [0, 0.1) is 10.5 Å². The second-order valence-corrected chi connectivity index (χ2v) is 6.70. The molecule has 22 heavy (non-hydrogen) atoms. The summed E-state index contributed by atoms with van der Waals surface area (Å²) in [5.74, 6) is 0.0667. The van der Waals surface area contributed by atoms with E-state index >= 15 is 0 Å². The van der Waals surface area contributed by atoms with Crippen molar-refractivity contribution in [2.75, 3.05) is 18.4 Å². The fourth-order valence-corrected chi connectivity index (χ4v) is 3.03. The third-order valence-corrected chi connectivity index (χ3v) is 4.34. The molecule has 0 aliphatic rings. The van der Waals surface area contributed by atoms with E-state index in [2.05, 4.69) is 53.0 Å². The van der Waals surface area contributed by atoms with E-state index in [0.29, 0.717) is 6.54 Å². The summed E-state index contributed by atoms with van der Waals surface area (Å²) in [5.41, 5.74) is 3.26. The number of nitrogens with one attached hydrogen (secondary N) is 2. The lowest BCUT2D eigenvalue weighted by molar-refractivity contribution is -0.903. The maximum Gasteiger partial charge on any atom is 0.279 e. The van der Waals surface area contributed by atoms with Crippen molar-refractivity contribution < 1.29 is 9.69 Å². The van der Waals surface area contributed by atoms with Crippen LogP contribution in [-0.2, 0) is 11.3 Å². The van der Waals surface area contributed by atoms with Crippen molar-refractivity contribution >= 4 is 34.2 Å². The Kier molecular flexibility index (Phi) is 6.39. The Morgan fingerprint density at radius 2 is 1.91 bits per heavy atom. The van der Waals surface area contributed by atoms with Crippen molar-refractivity contribution in [3.63, 3.8) is 0 Å². The van der Waals surface area contributed by atoms with Gasteiger partial charge in [0, 0.05) is 14.8 Å². The third kappa shape index (κ3) is 5.10. The van der Waals surface area contributed by atoms with Gasteiger partial charge in [0.15, 0.2) is 6.54 Å². The molecule has 0 aliphatic carbocycles. The predicted octanol–water partition coefficient (Wildman–Crippen LogP) is 2.64. The average Bonchev–Trinajstić information content (AvgIpc) is 2.50. The monoisotopic (exact) mass is 409 g/mol. The number of carbonyl (C=O) groups is 1. The number of carbonyl (C=O) groups excluding carboxylic acids is 1. The van der Waals surface area contributed by atoms with Gasteiger partial charge in [-0.2, -0.15) is 0 Å². The van der Waals surface area contributed by atoms with Crippen molar-refractivity contribution in [2.24, 2.45) is 0 Å². The Hall–Kier alpha value is -1.40. The van der Waals surface area contributed by atoms with Gasteiger partial charge in [0.1, 0.15) is 6.54 Å². The molecule has 2 aromatic carbocycles. The van der Waals surface area contributed by atoms with Gasteiger partial charge < -0.3 is 10.2 Å². The summed E-state index contributed by atoms with van der Waals surface area (Å²) in [6.07, 6.45) is 0. The van der Waals surface area contributed by atoms with Gasteiger partial charge in [0.25, 0.3) is 5.91 Å². The first-order chi connectivity index (χ1) is 10.6. The van der Waals surface area contributed by atoms with Gasteiger partial charge in [0.2, 0.25) is 0 Å². The molecular weight excluding hydrogens is 387 g/mol. The number of aryl methyl sites for hydroxylation is 1. The molecule has 4 heteroatoms. The molecule has 2 aromatic rings. The topological polar surface area (TPSA) is 33.5 Å². The quantitative estimate of drug-likeness (QED) is 0.707. The minimum Gasteiger partial charge on any atom is -0.324 e. The highest BCUT2D eigenvalue weighted by Gasteiger charge is 2.14. The largest absolute Gasteiger partial charge is 0.324 e. The maximum atomic E-state index is 12.3. The minimum absolute atomic E-state index is 0.0667. The van der Waals surface area contributed by atoms with Crippen LogP contribution >= 0.6 is 22.6 Å². The number of hydrogen-bond donors (Lipinski definition) is 2. The normalized spacial score (nSPS) is 12.0.